The van der Waals surface area contributed by atoms with E-state index in [1.54, 1.807) is 0 Å². The molecule has 0 N–H and O–H groups in total. The molecule has 0 unspecified atom stereocenters. The van der Waals surface area contributed by atoms with Gasteiger partial charge in [-0.15, -0.1) is 0 Å². The van der Waals surface area contributed by atoms with Crippen molar-refractivity contribution < 1.29 is 0 Å². The van der Waals surface area contributed by atoms with E-state index in [9.17, 15) is 0 Å². The van der Waals surface area contributed by atoms with Gasteiger partial charge in [0.2, 0.25) is 0 Å². The number of fused-ring (bicyclic) bond motifs is 4. The molecule has 0 saturated heterocycles. The molecule has 0 radical (unpaired) electrons. The van der Waals surface area contributed by atoms with Crippen LogP contribution in [0.2, 0.25) is 0 Å². The Bertz CT molecular complexity index is 1360. The third kappa shape index (κ3) is 2.07. The maximum absolute atomic E-state index is 5.02. The van der Waals surface area contributed by atoms with Crippen molar-refractivity contribution in [1.29, 1.82) is 0 Å². The van der Waals surface area contributed by atoms with Crippen LogP contribution in [0.4, 0.5) is 0 Å². The van der Waals surface area contributed by atoms with E-state index in [1.807, 2.05) is 36.8 Å². The fraction of sp³-hybridized carbons (Fsp3) is 0.286. The SMILES string of the molecule is Cc1ncc(C)n2nc([C@@H]3C[C@H]3c3nc4c5cccnc5ccc4n3C)nc12. The van der Waals surface area contributed by atoms with Gasteiger partial charge in [0.15, 0.2) is 11.5 Å². The van der Waals surface area contributed by atoms with Crippen LogP contribution in [0, 0.1) is 13.8 Å². The lowest BCUT2D eigenvalue weighted by Gasteiger charge is -2.01. The molecule has 0 aliphatic heterocycles. The van der Waals surface area contributed by atoms with Gasteiger partial charge in [-0.2, -0.15) is 5.10 Å². The van der Waals surface area contributed by atoms with E-state index in [2.05, 4.69) is 39.8 Å². The predicted molar refractivity (Wildman–Crippen MR) is 106 cm³/mol. The molecule has 1 saturated carbocycles. The van der Waals surface area contributed by atoms with Crippen LogP contribution in [-0.4, -0.2) is 34.1 Å². The van der Waals surface area contributed by atoms with Gasteiger partial charge in [-0.3, -0.25) is 9.97 Å². The molecule has 4 heterocycles. The van der Waals surface area contributed by atoms with Crippen LogP contribution in [0.15, 0.2) is 36.7 Å². The minimum atomic E-state index is 0.304. The Morgan fingerprint density at radius 1 is 1.04 bits per heavy atom. The zero-order chi connectivity index (χ0) is 19.0. The number of pyridine rings is 1. The topological polar surface area (TPSA) is 73.8 Å². The molecule has 138 valence electrons. The number of hydrogen-bond donors (Lipinski definition) is 0. The van der Waals surface area contributed by atoms with E-state index in [1.165, 1.54) is 0 Å². The molecule has 0 amide bonds. The van der Waals surface area contributed by atoms with Crippen LogP contribution >= 0.6 is 0 Å². The van der Waals surface area contributed by atoms with Crippen molar-refractivity contribution in [1.82, 2.24) is 34.1 Å². The summed E-state index contributed by atoms with van der Waals surface area (Å²) >= 11 is 0. The molecule has 1 fully saturated rings. The van der Waals surface area contributed by atoms with Crippen LogP contribution in [-0.2, 0) is 7.05 Å². The maximum Gasteiger partial charge on any atom is 0.177 e. The lowest BCUT2D eigenvalue weighted by molar-refractivity contribution is 0.780. The number of imidazole rings is 1. The highest BCUT2D eigenvalue weighted by Gasteiger charge is 2.45. The zero-order valence-corrected chi connectivity index (χ0v) is 16.0. The number of hydrogen-bond acceptors (Lipinski definition) is 5. The molecule has 1 aromatic carbocycles. The molecule has 0 spiro atoms. The summed E-state index contributed by atoms with van der Waals surface area (Å²) in [6.45, 7) is 3.98. The highest BCUT2D eigenvalue weighted by molar-refractivity contribution is 6.02. The molecule has 5 aromatic rings. The first-order valence-electron chi connectivity index (χ1n) is 9.51. The molecular formula is C21H19N7. The van der Waals surface area contributed by atoms with Gasteiger partial charge < -0.3 is 4.57 Å². The molecule has 7 nitrogen and oxygen atoms in total. The Labute approximate surface area is 161 Å². The zero-order valence-electron chi connectivity index (χ0n) is 16.0. The number of rotatable bonds is 2. The van der Waals surface area contributed by atoms with Crippen LogP contribution < -0.4 is 0 Å². The Hall–Kier alpha value is -3.35. The molecular weight excluding hydrogens is 350 g/mol. The van der Waals surface area contributed by atoms with Crippen molar-refractivity contribution in [3.05, 3.63) is 59.7 Å². The Kier molecular flexibility index (Phi) is 2.99. The quantitative estimate of drug-likeness (QED) is 0.476. The minimum Gasteiger partial charge on any atom is -0.331 e. The Morgan fingerprint density at radius 2 is 1.93 bits per heavy atom. The summed E-state index contributed by atoms with van der Waals surface area (Å²) in [5.41, 5.74) is 5.89. The first-order chi connectivity index (χ1) is 13.6. The number of aromatic nitrogens is 7. The molecule has 7 heteroatoms. The highest BCUT2D eigenvalue weighted by Crippen LogP contribution is 2.53. The van der Waals surface area contributed by atoms with Crippen molar-refractivity contribution in [3.8, 4) is 0 Å². The first-order valence-corrected chi connectivity index (χ1v) is 9.51. The molecule has 6 rings (SSSR count). The van der Waals surface area contributed by atoms with Crippen molar-refractivity contribution in [3.63, 3.8) is 0 Å². The van der Waals surface area contributed by atoms with Crippen LogP contribution in [0.5, 0.6) is 0 Å². The largest absolute Gasteiger partial charge is 0.331 e. The lowest BCUT2D eigenvalue weighted by Crippen LogP contribution is -1.98. The van der Waals surface area contributed by atoms with Gasteiger partial charge in [-0.25, -0.2) is 14.5 Å². The van der Waals surface area contributed by atoms with Gasteiger partial charge in [-0.1, -0.05) is 0 Å². The molecule has 1 aliphatic carbocycles. The molecule has 4 aromatic heterocycles. The molecule has 0 bridgehead atoms. The second-order valence-electron chi connectivity index (χ2n) is 7.67. The number of benzene rings is 1. The van der Waals surface area contributed by atoms with E-state index in [0.29, 0.717) is 11.8 Å². The Balaban J connectivity index is 1.44. The fourth-order valence-corrected chi connectivity index (χ4v) is 4.19. The van der Waals surface area contributed by atoms with Crippen LogP contribution in [0.1, 0.15) is 41.3 Å². The van der Waals surface area contributed by atoms with E-state index >= 15 is 0 Å². The number of aryl methyl sites for hydroxylation is 3. The number of nitrogens with zero attached hydrogens (tertiary/aromatic N) is 7. The normalized spacial score (nSPS) is 19.1. The molecule has 1 aliphatic rings. The standard InChI is InChI=1S/C21H19N7/c1-11-10-23-12(2)20-25-19(26-28(11)20)14-9-15(14)21-24-18-13-5-4-8-22-16(13)6-7-17(18)27(21)3/h4-8,10,14-15H,9H2,1-3H3/t14-,15-/m1/s1. The maximum atomic E-state index is 5.02. The van der Waals surface area contributed by atoms with Crippen molar-refractivity contribution in [2.24, 2.45) is 7.05 Å². The van der Waals surface area contributed by atoms with Crippen molar-refractivity contribution in [2.75, 3.05) is 0 Å². The highest BCUT2D eigenvalue weighted by atomic mass is 15.3. The average molecular weight is 369 g/mol. The Morgan fingerprint density at radius 3 is 2.79 bits per heavy atom. The van der Waals surface area contributed by atoms with Crippen LogP contribution in [0.25, 0.3) is 27.6 Å². The smallest absolute Gasteiger partial charge is 0.177 e. The van der Waals surface area contributed by atoms with Gasteiger partial charge in [0.25, 0.3) is 0 Å². The van der Waals surface area contributed by atoms with Gasteiger partial charge in [0.05, 0.1) is 27.9 Å². The summed E-state index contributed by atoms with van der Waals surface area (Å²) in [6.07, 6.45) is 4.69. The molecule has 2 atom stereocenters. The second kappa shape index (κ2) is 5.34. The van der Waals surface area contributed by atoms with Gasteiger partial charge in [-0.05, 0) is 44.5 Å². The summed E-state index contributed by atoms with van der Waals surface area (Å²) in [7, 11) is 2.09. The fourth-order valence-electron chi connectivity index (χ4n) is 4.19. The predicted octanol–water partition coefficient (Wildman–Crippen LogP) is 3.45. The van der Waals surface area contributed by atoms with Gasteiger partial charge in [0, 0.05) is 36.7 Å². The van der Waals surface area contributed by atoms with E-state index in [-0.39, 0.29) is 0 Å². The minimum absolute atomic E-state index is 0.304. The van der Waals surface area contributed by atoms with Gasteiger partial charge in [0.1, 0.15) is 5.82 Å². The van der Waals surface area contributed by atoms with E-state index in [4.69, 9.17) is 15.1 Å². The third-order valence-corrected chi connectivity index (χ3v) is 5.85. The summed E-state index contributed by atoms with van der Waals surface area (Å²) in [5, 5.41) is 5.86. The second-order valence-corrected chi connectivity index (χ2v) is 7.67. The van der Waals surface area contributed by atoms with E-state index in [0.717, 1.165) is 57.0 Å². The van der Waals surface area contributed by atoms with Crippen molar-refractivity contribution in [2.45, 2.75) is 32.1 Å². The average Bonchev–Trinajstić information content (AvgIpc) is 3.23. The summed E-state index contributed by atoms with van der Waals surface area (Å²) < 4.78 is 4.11. The lowest BCUT2D eigenvalue weighted by atomic mass is 10.2. The monoisotopic (exact) mass is 369 g/mol. The van der Waals surface area contributed by atoms with E-state index < -0.39 is 0 Å². The third-order valence-electron chi connectivity index (χ3n) is 5.85. The van der Waals surface area contributed by atoms with Crippen LogP contribution in [0.3, 0.4) is 0 Å². The first kappa shape index (κ1) is 15.7. The summed E-state index contributed by atoms with van der Waals surface area (Å²) in [6, 6.07) is 8.24. The van der Waals surface area contributed by atoms with Crippen molar-refractivity contribution >= 4 is 27.6 Å². The van der Waals surface area contributed by atoms with Gasteiger partial charge >= 0.3 is 0 Å². The summed E-state index contributed by atoms with van der Waals surface area (Å²) in [4.78, 5) is 18.7. The summed E-state index contributed by atoms with van der Waals surface area (Å²) in [5.74, 6) is 2.64. The molecule has 28 heavy (non-hydrogen) atoms.